The fourth-order valence-corrected chi connectivity index (χ4v) is 3.51. The zero-order valence-corrected chi connectivity index (χ0v) is 11.9. The first-order chi connectivity index (χ1) is 10.8. The Morgan fingerprint density at radius 2 is 2.00 bits per heavy atom. The molecule has 0 amide bonds. The molecule has 22 heavy (non-hydrogen) atoms. The van der Waals surface area contributed by atoms with Gasteiger partial charge in [-0.1, -0.05) is 0 Å². The van der Waals surface area contributed by atoms with Gasteiger partial charge in [-0.05, 0) is 37.0 Å². The minimum absolute atomic E-state index is 0.272. The normalized spacial score (nSPS) is 15.5. The molecule has 0 radical (unpaired) electrons. The number of hydrogen-bond donors (Lipinski definition) is 1. The molecule has 2 aliphatic rings. The molecule has 3 heterocycles. The summed E-state index contributed by atoms with van der Waals surface area (Å²) < 4.78 is 13.1. The lowest BCUT2D eigenvalue weighted by molar-refractivity contribution is 0.174. The van der Waals surface area contributed by atoms with Gasteiger partial charge in [-0.15, -0.1) is 0 Å². The summed E-state index contributed by atoms with van der Waals surface area (Å²) in [7, 11) is 0. The van der Waals surface area contributed by atoms with Gasteiger partial charge in [0, 0.05) is 17.4 Å². The number of benzene rings is 1. The Balaban J connectivity index is 1.84. The average molecular weight is 294 g/mol. The van der Waals surface area contributed by atoms with E-state index in [-0.39, 0.29) is 6.79 Å². The molecule has 6 nitrogen and oxygen atoms in total. The Morgan fingerprint density at radius 3 is 2.95 bits per heavy atom. The van der Waals surface area contributed by atoms with E-state index >= 15 is 0 Å². The van der Waals surface area contributed by atoms with E-state index in [4.69, 9.17) is 15.2 Å². The predicted octanol–water partition coefficient (Wildman–Crippen LogP) is 2.22. The molecule has 0 bridgehead atoms. The molecule has 0 fully saturated rings. The van der Waals surface area contributed by atoms with Crippen LogP contribution in [0.3, 0.4) is 0 Å². The summed E-state index contributed by atoms with van der Waals surface area (Å²) >= 11 is 0. The van der Waals surface area contributed by atoms with Crippen molar-refractivity contribution in [1.29, 1.82) is 0 Å². The molecule has 2 aromatic heterocycles. The number of anilines is 1. The van der Waals surface area contributed by atoms with E-state index in [1.54, 1.807) is 6.33 Å². The monoisotopic (exact) mass is 294 g/mol. The highest BCUT2D eigenvalue weighted by atomic mass is 16.7. The SMILES string of the molecule is Nc1ncnc2c3c(n(-c4ccc5c(c4)OCO5)c12)CCC3. The molecule has 1 aromatic carbocycles. The van der Waals surface area contributed by atoms with Gasteiger partial charge in [0.1, 0.15) is 11.8 Å². The number of nitrogen functional groups attached to an aromatic ring is 1. The van der Waals surface area contributed by atoms with E-state index in [9.17, 15) is 0 Å². The molecule has 6 heteroatoms. The minimum atomic E-state index is 0.272. The first-order valence-corrected chi connectivity index (χ1v) is 7.35. The molecule has 1 aliphatic carbocycles. The Hall–Kier alpha value is -2.76. The van der Waals surface area contributed by atoms with Crippen LogP contribution in [0.4, 0.5) is 5.82 Å². The molecule has 1 aliphatic heterocycles. The highest BCUT2D eigenvalue weighted by Crippen LogP contribution is 2.39. The zero-order valence-electron chi connectivity index (χ0n) is 11.9. The summed E-state index contributed by atoms with van der Waals surface area (Å²) in [5, 5.41) is 0. The van der Waals surface area contributed by atoms with Gasteiger partial charge in [-0.2, -0.15) is 0 Å². The van der Waals surface area contributed by atoms with Crippen molar-refractivity contribution in [3.05, 3.63) is 35.8 Å². The number of hydrogen-bond acceptors (Lipinski definition) is 5. The van der Waals surface area contributed by atoms with Crippen molar-refractivity contribution >= 4 is 16.9 Å². The lowest BCUT2D eigenvalue weighted by atomic mass is 10.2. The second-order valence-corrected chi connectivity index (χ2v) is 5.61. The molecule has 0 saturated carbocycles. The molecular weight excluding hydrogens is 280 g/mol. The van der Waals surface area contributed by atoms with Crippen LogP contribution in [0.5, 0.6) is 11.5 Å². The molecule has 0 spiro atoms. The molecule has 110 valence electrons. The Bertz CT molecular complexity index is 916. The molecule has 0 saturated heterocycles. The van der Waals surface area contributed by atoms with Crippen LogP contribution >= 0.6 is 0 Å². The first-order valence-electron chi connectivity index (χ1n) is 7.35. The third-order valence-electron chi connectivity index (χ3n) is 4.43. The molecule has 5 rings (SSSR count). The second-order valence-electron chi connectivity index (χ2n) is 5.61. The Labute approximate surface area is 126 Å². The van der Waals surface area contributed by atoms with Crippen molar-refractivity contribution in [2.45, 2.75) is 19.3 Å². The quantitative estimate of drug-likeness (QED) is 0.745. The summed E-state index contributed by atoms with van der Waals surface area (Å²) in [6.45, 7) is 0.272. The maximum atomic E-state index is 6.14. The van der Waals surface area contributed by atoms with E-state index in [1.807, 2.05) is 18.2 Å². The highest BCUT2D eigenvalue weighted by Gasteiger charge is 2.26. The van der Waals surface area contributed by atoms with Crippen LogP contribution in [0, 0.1) is 0 Å². The zero-order chi connectivity index (χ0) is 14.7. The molecule has 0 unspecified atom stereocenters. The van der Waals surface area contributed by atoms with Crippen molar-refractivity contribution in [1.82, 2.24) is 14.5 Å². The lowest BCUT2D eigenvalue weighted by Gasteiger charge is -2.11. The van der Waals surface area contributed by atoms with Crippen molar-refractivity contribution in [3.8, 4) is 17.2 Å². The Kier molecular flexibility index (Phi) is 2.22. The van der Waals surface area contributed by atoms with Crippen LogP contribution in [-0.4, -0.2) is 21.3 Å². The van der Waals surface area contributed by atoms with E-state index in [0.29, 0.717) is 5.82 Å². The Morgan fingerprint density at radius 1 is 1.09 bits per heavy atom. The smallest absolute Gasteiger partial charge is 0.231 e. The third kappa shape index (κ3) is 1.44. The summed E-state index contributed by atoms with van der Waals surface area (Å²) in [6, 6.07) is 5.95. The van der Waals surface area contributed by atoms with Crippen molar-refractivity contribution < 1.29 is 9.47 Å². The topological polar surface area (TPSA) is 75.2 Å². The van der Waals surface area contributed by atoms with E-state index in [1.165, 1.54) is 11.3 Å². The summed E-state index contributed by atoms with van der Waals surface area (Å²) in [5.74, 6) is 2.06. The van der Waals surface area contributed by atoms with Gasteiger partial charge in [0.25, 0.3) is 0 Å². The fraction of sp³-hybridized carbons (Fsp3) is 0.250. The van der Waals surface area contributed by atoms with Crippen LogP contribution in [0.25, 0.3) is 16.7 Å². The van der Waals surface area contributed by atoms with Gasteiger partial charge in [0.2, 0.25) is 6.79 Å². The van der Waals surface area contributed by atoms with E-state index < -0.39 is 0 Å². The van der Waals surface area contributed by atoms with Gasteiger partial charge in [0.05, 0.1) is 5.52 Å². The molecule has 3 aromatic rings. The molecule has 0 atom stereocenters. The number of aryl methyl sites for hydroxylation is 1. The number of nitrogens with two attached hydrogens (primary N) is 1. The van der Waals surface area contributed by atoms with Gasteiger partial charge < -0.3 is 19.8 Å². The summed E-state index contributed by atoms with van der Waals surface area (Å²) in [5.41, 5.74) is 11.6. The van der Waals surface area contributed by atoms with Crippen LogP contribution in [0.1, 0.15) is 17.7 Å². The van der Waals surface area contributed by atoms with Crippen LogP contribution < -0.4 is 15.2 Å². The first kappa shape index (κ1) is 11.9. The van der Waals surface area contributed by atoms with E-state index in [0.717, 1.165) is 47.5 Å². The number of fused-ring (bicyclic) bond motifs is 4. The second kappa shape index (κ2) is 4.13. The summed E-state index contributed by atoms with van der Waals surface area (Å²) in [6.07, 6.45) is 4.76. The summed E-state index contributed by atoms with van der Waals surface area (Å²) in [4.78, 5) is 8.63. The number of ether oxygens (including phenoxy) is 2. The largest absolute Gasteiger partial charge is 0.454 e. The van der Waals surface area contributed by atoms with Crippen LogP contribution in [0.2, 0.25) is 0 Å². The third-order valence-corrected chi connectivity index (χ3v) is 4.43. The van der Waals surface area contributed by atoms with Crippen LogP contribution in [-0.2, 0) is 12.8 Å². The average Bonchev–Trinajstić information content (AvgIpc) is 3.22. The standard InChI is InChI=1S/C16H14N4O2/c17-16-15-14(18-7-19-16)10-2-1-3-11(10)20(15)9-4-5-12-13(6-9)22-8-21-12/h4-7H,1-3,8H2,(H2,17,18,19). The minimum Gasteiger partial charge on any atom is -0.454 e. The van der Waals surface area contributed by atoms with Gasteiger partial charge in [-0.25, -0.2) is 9.97 Å². The molecule has 2 N–H and O–H groups in total. The number of rotatable bonds is 1. The predicted molar refractivity (Wildman–Crippen MR) is 81.4 cm³/mol. The van der Waals surface area contributed by atoms with Gasteiger partial charge in [-0.3, -0.25) is 0 Å². The number of aromatic nitrogens is 3. The van der Waals surface area contributed by atoms with Crippen LogP contribution in [0.15, 0.2) is 24.5 Å². The van der Waals surface area contributed by atoms with E-state index in [2.05, 4.69) is 14.5 Å². The van der Waals surface area contributed by atoms with Crippen molar-refractivity contribution in [2.24, 2.45) is 0 Å². The maximum absolute atomic E-state index is 6.14. The molecular formula is C16H14N4O2. The highest BCUT2D eigenvalue weighted by molar-refractivity contribution is 5.91. The van der Waals surface area contributed by atoms with Crippen molar-refractivity contribution in [3.63, 3.8) is 0 Å². The number of nitrogens with zero attached hydrogens (tertiary/aromatic N) is 3. The fourth-order valence-electron chi connectivity index (χ4n) is 3.51. The van der Waals surface area contributed by atoms with Gasteiger partial charge >= 0.3 is 0 Å². The van der Waals surface area contributed by atoms with Gasteiger partial charge in [0.15, 0.2) is 17.3 Å². The lowest BCUT2D eigenvalue weighted by Crippen LogP contribution is -2.02. The maximum Gasteiger partial charge on any atom is 0.231 e. The van der Waals surface area contributed by atoms with Crippen molar-refractivity contribution in [2.75, 3.05) is 12.5 Å².